The lowest BCUT2D eigenvalue weighted by molar-refractivity contribution is 0.0364. The van der Waals surface area contributed by atoms with E-state index in [9.17, 15) is 0 Å². The number of hydrogen-bond acceptors (Lipinski definition) is 2. The smallest absolute Gasteiger partial charge is 0.0251 e. The minimum absolute atomic E-state index is 0.488. The molecule has 21 heavy (non-hydrogen) atoms. The highest BCUT2D eigenvalue weighted by Crippen LogP contribution is 2.38. The summed E-state index contributed by atoms with van der Waals surface area (Å²) in [6, 6.07) is 1.49. The molecule has 2 fully saturated rings. The molecule has 1 aliphatic heterocycles. The van der Waals surface area contributed by atoms with Gasteiger partial charge in [0, 0.05) is 12.1 Å². The molecule has 1 heterocycles. The van der Waals surface area contributed by atoms with Gasteiger partial charge in [0.1, 0.15) is 0 Å². The minimum Gasteiger partial charge on any atom is -0.315 e. The zero-order valence-electron chi connectivity index (χ0n) is 15.3. The van der Waals surface area contributed by atoms with Crippen LogP contribution in [0, 0.1) is 23.2 Å². The van der Waals surface area contributed by atoms with Crippen LogP contribution >= 0.6 is 0 Å². The van der Waals surface area contributed by atoms with Gasteiger partial charge >= 0.3 is 0 Å². The third kappa shape index (κ3) is 4.22. The van der Waals surface area contributed by atoms with Crippen molar-refractivity contribution >= 4 is 0 Å². The van der Waals surface area contributed by atoms with E-state index in [1.165, 1.54) is 45.2 Å². The van der Waals surface area contributed by atoms with E-state index >= 15 is 0 Å². The van der Waals surface area contributed by atoms with Gasteiger partial charge in [-0.2, -0.15) is 0 Å². The maximum Gasteiger partial charge on any atom is 0.0251 e. The van der Waals surface area contributed by atoms with Crippen LogP contribution in [0.1, 0.15) is 66.7 Å². The van der Waals surface area contributed by atoms with Crippen LogP contribution in [-0.4, -0.2) is 37.1 Å². The molecule has 0 aromatic carbocycles. The molecule has 124 valence electrons. The van der Waals surface area contributed by atoms with Crippen molar-refractivity contribution in [2.45, 2.75) is 78.8 Å². The van der Waals surface area contributed by atoms with Crippen molar-refractivity contribution in [2.24, 2.45) is 23.2 Å². The van der Waals surface area contributed by atoms with Crippen molar-refractivity contribution in [3.05, 3.63) is 0 Å². The highest BCUT2D eigenvalue weighted by atomic mass is 15.2. The Morgan fingerprint density at radius 2 is 1.62 bits per heavy atom. The van der Waals surface area contributed by atoms with Crippen molar-refractivity contribution < 1.29 is 0 Å². The van der Waals surface area contributed by atoms with Gasteiger partial charge in [0.15, 0.2) is 0 Å². The molecule has 1 saturated carbocycles. The minimum atomic E-state index is 0.488. The van der Waals surface area contributed by atoms with Crippen LogP contribution in [-0.2, 0) is 0 Å². The Morgan fingerprint density at radius 1 is 1.00 bits per heavy atom. The van der Waals surface area contributed by atoms with Crippen molar-refractivity contribution in [3.8, 4) is 0 Å². The van der Waals surface area contributed by atoms with Gasteiger partial charge in [-0.1, -0.05) is 34.6 Å². The van der Waals surface area contributed by atoms with E-state index in [1.807, 2.05) is 0 Å². The number of hydrogen-bond donors (Lipinski definition) is 1. The molecule has 0 spiro atoms. The van der Waals surface area contributed by atoms with Gasteiger partial charge < -0.3 is 5.32 Å². The Balaban J connectivity index is 1.96. The molecule has 0 amide bonds. The average molecular weight is 295 g/mol. The predicted molar refractivity (Wildman–Crippen MR) is 92.6 cm³/mol. The van der Waals surface area contributed by atoms with Crippen molar-refractivity contribution in [2.75, 3.05) is 20.1 Å². The number of piperidine rings is 1. The number of nitrogens with one attached hydrogen (secondary N) is 1. The fourth-order valence-electron chi connectivity index (χ4n) is 4.62. The molecule has 3 unspecified atom stereocenters. The topological polar surface area (TPSA) is 15.3 Å². The summed E-state index contributed by atoms with van der Waals surface area (Å²) in [5.74, 6) is 2.68. The molecule has 0 aromatic heterocycles. The lowest BCUT2D eigenvalue weighted by Crippen LogP contribution is -2.55. The van der Waals surface area contributed by atoms with Crippen LogP contribution in [0.3, 0.4) is 0 Å². The van der Waals surface area contributed by atoms with Gasteiger partial charge in [0.05, 0.1) is 0 Å². The molecule has 2 heteroatoms. The number of nitrogens with zero attached hydrogens (tertiary/aromatic N) is 1. The molecule has 1 aliphatic carbocycles. The summed E-state index contributed by atoms with van der Waals surface area (Å²) < 4.78 is 0. The van der Waals surface area contributed by atoms with Crippen LogP contribution in [0.2, 0.25) is 0 Å². The van der Waals surface area contributed by atoms with Gasteiger partial charge in [0.2, 0.25) is 0 Å². The fraction of sp³-hybridized carbons (Fsp3) is 1.00. The second-order valence-electron chi connectivity index (χ2n) is 8.96. The number of rotatable bonds is 3. The zero-order valence-corrected chi connectivity index (χ0v) is 15.3. The number of likely N-dealkylation sites (tertiary alicyclic amines) is 1. The maximum atomic E-state index is 3.61. The molecule has 2 aliphatic rings. The summed E-state index contributed by atoms with van der Waals surface area (Å²) in [5, 5.41) is 3.61. The highest BCUT2D eigenvalue weighted by molar-refractivity contribution is 4.93. The van der Waals surface area contributed by atoms with E-state index in [4.69, 9.17) is 0 Å². The van der Waals surface area contributed by atoms with Crippen LogP contribution < -0.4 is 5.32 Å². The second kappa shape index (κ2) is 7.00. The van der Waals surface area contributed by atoms with Gasteiger partial charge in [-0.05, 0) is 75.4 Å². The molecular weight excluding hydrogens is 256 g/mol. The highest BCUT2D eigenvalue weighted by Gasteiger charge is 2.37. The SMILES string of the molecule is CNC1CCC(C(C)C)CC1N1CCC(C(C)(C)C)CC1. The fourth-order valence-corrected chi connectivity index (χ4v) is 4.62. The maximum absolute atomic E-state index is 3.61. The first-order valence-corrected chi connectivity index (χ1v) is 9.24. The van der Waals surface area contributed by atoms with E-state index < -0.39 is 0 Å². The summed E-state index contributed by atoms with van der Waals surface area (Å²) >= 11 is 0. The van der Waals surface area contributed by atoms with E-state index in [2.05, 4.69) is 51.9 Å². The number of likely N-dealkylation sites (N-methyl/N-ethyl adjacent to an activating group) is 1. The Morgan fingerprint density at radius 3 is 2.10 bits per heavy atom. The van der Waals surface area contributed by atoms with Crippen molar-refractivity contribution in [1.82, 2.24) is 10.2 Å². The molecule has 0 radical (unpaired) electrons. The molecule has 3 atom stereocenters. The van der Waals surface area contributed by atoms with E-state index in [0.29, 0.717) is 11.5 Å². The Hall–Kier alpha value is -0.0800. The van der Waals surface area contributed by atoms with E-state index in [0.717, 1.165) is 23.8 Å². The first kappa shape index (κ1) is 17.3. The molecular formula is C19H38N2. The molecule has 0 aromatic rings. The molecule has 0 bridgehead atoms. The Labute approximate surface area is 133 Å². The normalized spacial score (nSPS) is 33.6. The summed E-state index contributed by atoms with van der Waals surface area (Å²) in [7, 11) is 2.16. The predicted octanol–water partition coefficient (Wildman–Crippen LogP) is 4.16. The molecule has 2 rings (SSSR count). The summed E-state index contributed by atoms with van der Waals surface area (Å²) in [4.78, 5) is 2.82. The first-order valence-electron chi connectivity index (χ1n) is 9.24. The van der Waals surface area contributed by atoms with Crippen LogP contribution in [0.25, 0.3) is 0 Å². The third-order valence-corrected chi connectivity index (χ3v) is 6.39. The summed E-state index contributed by atoms with van der Waals surface area (Å²) in [6.07, 6.45) is 6.97. The average Bonchev–Trinajstić information content (AvgIpc) is 2.45. The quantitative estimate of drug-likeness (QED) is 0.841. The monoisotopic (exact) mass is 294 g/mol. The van der Waals surface area contributed by atoms with Crippen LogP contribution in [0.5, 0.6) is 0 Å². The third-order valence-electron chi connectivity index (χ3n) is 6.39. The largest absolute Gasteiger partial charge is 0.315 e. The lowest BCUT2D eigenvalue weighted by atomic mass is 9.73. The molecule has 1 saturated heterocycles. The molecule has 2 nitrogen and oxygen atoms in total. The van der Waals surface area contributed by atoms with Gasteiger partial charge in [-0.25, -0.2) is 0 Å². The molecule has 1 N–H and O–H groups in total. The second-order valence-corrected chi connectivity index (χ2v) is 8.96. The standard InChI is InChI=1S/C19H38N2/c1-14(2)15-7-8-17(20-6)18(13-15)21-11-9-16(10-12-21)19(3,4)5/h14-18,20H,7-13H2,1-6H3. The first-order chi connectivity index (χ1) is 9.82. The van der Waals surface area contributed by atoms with Gasteiger partial charge in [-0.15, -0.1) is 0 Å². The Kier molecular flexibility index (Phi) is 5.76. The van der Waals surface area contributed by atoms with Crippen molar-refractivity contribution in [3.63, 3.8) is 0 Å². The van der Waals surface area contributed by atoms with Crippen molar-refractivity contribution in [1.29, 1.82) is 0 Å². The summed E-state index contributed by atoms with van der Waals surface area (Å²) in [6.45, 7) is 14.7. The Bertz CT molecular complexity index is 310. The van der Waals surface area contributed by atoms with Crippen LogP contribution in [0.15, 0.2) is 0 Å². The van der Waals surface area contributed by atoms with Crippen LogP contribution in [0.4, 0.5) is 0 Å². The zero-order chi connectivity index (χ0) is 15.6. The van der Waals surface area contributed by atoms with E-state index in [1.54, 1.807) is 0 Å². The lowest BCUT2D eigenvalue weighted by Gasteiger charge is -2.47. The van der Waals surface area contributed by atoms with Gasteiger partial charge in [0.25, 0.3) is 0 Å². The summed E-state index contributed by atoms with van der Waals surface area (Å²) in [5.41, 5.74) is 0.488. The van der Waals surface area contributed by atoms with Gasteiger partial charge in [-0.3, -0.25) is 4.90 Å². The van der Waals surface area contributed by atoms with E-state index in [-0.39, 0.29) is 0 Å².